The molecule has 0 aromatic heterocycles. The molecule has 0 saturated carbocycles. The topological polar surface area (TPSA) is 69.6 Å². The molecule has 5 nitrogen and oxygen atoms in total. The van der Waals surface area contributed by atoms with Gasteiger partial charge in [-0.15, -0.1) is 0 Å². The lowest BCUT2D eigenvalue weighted by Gasteiger charge is -2.36. The van der Waals surface area contributed by atoms with Crippen molar-refractivity contribution in [1.82, 2.24) is 4.90 Å². The van der Waals surface area contributed by atoms with Crippen molar-refractivity contribution < 1.29 is 19.1 Å². The Morgan fingerprint density at radius 1 is 1.48 bits per heavy atom. The molecular weight excluding hydrogens is 343 g/mol. The van der Waals surface area contributed by atoms with Crippen LogP contribution in [0.2, 0.25) is 0 Å². The van der Waals surface area contributed by atoms with E-state index in [0.717, 1.165) is 0 Å². The van der Waals surface area contributed by atoms with Crippen molar-refractivity contribution in [3.8, 4) is 0 Å². The second kappa shape index (κ2) is 6.43. The second-order valence-corrected chi connectivity index (χ2v) is 6.01. The zero-order valence-electron chi connectivity index (χ0n) is 11.5. The van der Waals surface area contributed by atoms with Gasteiger partial charge in [0.05, 0.1) is 11.6 Å². The van der Waals surface area contributed by atoms with E-state index in [1.54, 1.807) is 4.90 Å². The van der Waals surface area contributed by atoms with Crippen LogP contribution in [0.15, 0.2) is 22.7 Å². The molecule has 1 fully saturated rings. The van der Waals surface area contributed by atoms with Crippen LogP contribution in [0.3, 0.4) is 0 Å². The molecule has 0 aliphatic carbocycles. The van der Waals surface area contributed by atoms with E-state index in [-0.39, 0.29) is 12.1 Å². The second-order valence-electron chi connectivity index (χ2n) is 5.16. The highest BCUT2D eigenvalue weighted by molar-refractivity contribution is 9.10. The quantitative estimate of drug-likeness (QED) is 0.851. The Hall–Kier alpha value is -1.63. The standard InChI is InChI=1S/C14H16BrFN2O3/c1-8-6-9(13(19)20)4-5-18(8)14(21)17-12-3-2-10(16)7-11(12)15/h2-3,7-9H,4-6H2,1H3,(H,17,21)(H,19,20). The summed E-state index contributed by atoms with van der Waals surface area (Å²) >= 11 is 3.19. The van der Waals surface area contributed by atoms with Crippen LogP contribution < -0.4 is 5.32 Å². The predicted molar refractivity (Wildman–Crippen MR) is 79.6 cm³/mol. The molecule has 2 N–H and O–H groups in total. The first-order chi connectivity index (χ1) is 9.88. The zero-order valence-corrected chi connectivity index (χ0v) is 13.1. The summed E-state index contributed by atoms with van der Waals surface area (Å²) in [5, 5.41) is 11.7. The van der Waals surface area contributed by atoms with Crippen molar-refractivity contribution in [3.05, 3.63) is 28.5 Å². The summed E-state index contributed by atoms with van der Waals surface area (Å²) in [6.45, 7) is 2.22. The summed E-state index contributed by atoms with van der Waals surface area (Å²) in [6.07, 6.45) is 0.880. The van der Waals surface area contributed by atoms with Crippen LogP contribution in [0.5, 0.6) is 0 Å². The average Bonchev–Trinajstić information content (AvgIpc) is 2.41. The van der Waals surface area contributed by atoms with Crippen molar-refractivity contribution in [2.45, 2.75) is 25.8 Å². The van der Waals surface area contributed by atoms with Crippen LogP contribution in [-0.4, -0.2) is 34.6 Å². The predicted octanol–water partition coefficient (Wildman–Crippen LogP) is 3.31. The molecule has 7 heteroatoms. The van der Waals surface area contributed by atoms with E-state index >= 15 is 0 Å². The Balaban J connectivity index is 2.02. The van der Waals surface area contributed by atoms with Gasteiger partial charge in [0.15, 0.2) is 0 Å². The number of carboxylic acid groups (broad SMARTS) is 1. The number of nitrogens with zero attached hydrogens (tertiary/aromatic N) is 1. The number of hydrogen-bond acceptors (Lipinski definition) is 2. The number of aliphatic carboxylic acids is 1. The monoisotopic (exact) mass is 358 g/mol. The molecule has 1 aliphatic heterocycles. The van der Waals surface area contributed by atoms with Gasteiger partial charge in [-0.1, -0.05) is 0 Å². The molecule has 0 spiro atoms. The van der Waals surface area contributed by atoms with Crippen LogP contribution in [0, 0.1) is 11.7 Å². The van der Waals surface area contributed by atoms with E-state index in [4.69, 9.17) is 5.11 Å². The maximum Gasteiger partial charge on any atom is 0.322 e. The Morgan fingerprint density at radius 3 is 2.76 bits per heavy atom. The molecule has 21 heavy (non-hydrogen) atoms. The first kappa shape index (κ1) is 15.8. The van der Waals surface area contributed by atoms with E-state index in [1.807, 2.05) is 6.92 Å². The number of rotatable bonds is 2. The number of halogens is 2. The van der Waals surface area contributed by atoms with E-state index in [2.05, 4.69) is 21.2 Å². The number of benzene rings is 1. The van der Waals surface area contributed by atoms with Gasteiger partial charge in [-0.25, -0.2) is 9.18 Å². The number of likely N-dealkylation sites (tertiary alicyclic amines) is 1. The number of piperidine rings is 1. The molecule has 1 aliphatic rings. The third-order valence-electron chi connectivity index (χ3n) is 3.66. The largest absolute Gasteiger partial charge is 0.481 e. The number of urea groups is 1. The number of carboxylic acids is 1. The Morgan fingerprint density at radius 2 is 2.19 bits per heavy atom. The Labute approximate surface area is 130 Å². The molecule has 1 aromatic rings. The normalized spacial score (nSPS) is 22.0. The number of carbonyl (C=O) groups is 2. The van der Waals surface area contributed by atoms with E-state index in [0.29, 0.717) is 29.5 Å². The van der Waals surface area contributed by atoms with Crippen molar-refractivity contribution in [2.24, 2.45) is 5.92 Å². The smallest absolute Gasteiger partial charge is 0.322 e. The average molecular weight is 359 g/mol. The number of carbonyl (C=O) groups excluding carboxylic acids is 1. The first-order valence-electron chi connectivity index (χ1n) is 6.64. The molecule has 1 saturated heterocycles. The fourth-order valence-corrected chi connectivity index (χ4v) is 2.93. The van der Waals surface area contributed by atoms with Gasteiger partial charge in [-0.2, -0.15) is 0 Å². The van der Waals surface area contributed by atoms with Crippen LogP contribution in [-0.2, 0) is 4.79 Å². The maximum atomic E-state index is 13.0. The third kappa shape index (κ3) is 3.72. The van der Waals surface area contributed by atoms with Crippen LogP contribution in [0.25, 0.3) is 0 Å². The van der Waals surface area contributed by atoms with Crippen molar-refractivity contribution in [3.63, 3.8) is 0 Å². The molecular formula is C14H16BrFN2O3. The number of nitrogens with one attached hydrogen (secondary N) is 1. The number of hydrogen-bond donors (Lipinski definition) is 2. The minimum absolute atomic E-state index is 0.154. The van der Waals surface area contributed by atoms with Gasteiger partial charge < -0.3 is 15.3 Å². The summed E-state index contributed by atoms with van der Waals surface area (Å²) in [4.78, 5) is 24.8. The van der Waals surface area contributed by atoms with Gasteiger partial charge in [0.25, 0.3) is 0 Å². The van der Waals surface area contributed by atoms with Crippen molar-refractivity contribution in [1.29, 1.82) is 0 Å². The van der Waals surface area contributed by atoms with Gasteiger partial charge in [0.1, 0.15) is 5.82 Å². The number of amides is 2. The SMILES string of the molecule is CC1CC(C(=O)O)CCN1C(=O)Nc1ccc(F)cc1Br. The lowest BCUT2D eigenvalue weighted by molar-refractivity contribution is -0.143. The summed E-state index contributed by atoms with van der Waals surface area (Å²) in [7, 11) is 0. The van der Waals surface area contributed by atoms with Crippen LogP contribution >= 0.6 is 15.9 Å². The molecule has 1 aromatic carbocycles. The highest BCUT2D eigenvalue weighted by Crippen LogP contribution is 2.26. The Kier molecular flexibility index (Phi) is 4.82. The Bertz CT molecular complexity index is 567. The van der Waals surface area contributed by atoms with E-state index < -0.39 is 17.7 Å². The summed E-state index contributed by atoms with van der Waals surface area (Å²) in [5.41, 5.74) is 0.481. The minimum Gasteiger partial charge on any atom is -0.481 e. The molecule has 1 heterocycles. The molecule has 2 amide bonds. The highest BCUT2D eigenvalue weighted by Gasteiger charge is 2.32. The van der Waals surface area contributed by atoms with Crippen molar-refractivity contribution in [2.75, 3.05) is 11.9 Å². The van der Waals surface area contributed by atoms with Gasteiger partial charge in [-0.3, -0.25) is 4.79 Å². The lowest BCUT2D eigenvalue weighted by Crippen LogP contribution is -2.47. The van der Waals surface area contributed by atoms with E-state index in [1.165, 1.54) is 18.2 Å². The number of anilines is 1. The molecule has 2 unspecified atom stereocenters. The third-order valence-corrected chi connectivity index (χ3v) is 4.32. The molecule has 0 radical (unpaired) electrons. The molecule has 0 bridgehead atoms. The van der Waals surface area contributed by atoms with Gasteiger partial charge >= 0.3 is 12.0 Å². The van der Waals surface area contributed by atoms with Gasteiger partial charge in [0, 0.05) is 17.1 Å². The molecule has 114 valence electrons. The molecule has 2 rings (SSSR count). The van der Waals surface area contributed by atoms with Crippen molar-refractivity contribution >= 4 is 33.6 Å². The summed E-state index contributed by atoms with van der Waals surface area (Å²) in [6, 6.07) is 3.56. The zero-order chi connectivity index (χ0) is 15.6. The summed E-state index contributed by atoms with van der Waals surface area (Å²) in [5.74, 6) is -1.61. The van der Waals surface area contributed by atoms with Crippen LogP contribution in [0.1, 0.15) is 19.8 Å². The highest BCUT2D eigenvalue weighted by atomic mass is 79.9. The van der Waals surface area contributed by atoms with Gasteiger partial charge in [0.2, 0.25) is 0 Å². The first-order valence-corrected chi connectivity index (χ1v) is 7.43. The maximum absolute atomic E-state index is 13.0. The minimum atomic E-state index is -0.816. The fraction of sp³-hybridized carbons (Fsp3) is 0.429. The van der Waals surface area contributed by atoms with E-state index in [9.17, 15) is 14.0 Å². The van der Waals surface area contributed by atoms with Crippen LogP contribution in [0.4, 0.5) is 14.9 Å². The fourth-order valence-electron chi connectivity index (χ4n) is 2.48. The van der Waals surface area contributed by atoms with Gasteiger partial charge in [-0.05, 0) is 53.9 Å². The lowest BCUT2D eigenvalue weighted by atomic mass is 9.92. The molecule has 2 atom stereocenters. The summed E-state index contributed by atoms with van der Waals surface area (Å²) < 4.78 is 13.5.